The quantitative estimate of drug-likeness (QED) is 0.704. The Morgan fingerprint density at radius 3 is 2.25 bits per heavy atom. The van der Waals surface area contributed by atoms with E-state index in [4.69, 9.17) is 4.74 Å². The standard InChI is InChI=1S/C16H21NO3/c1-4-10-17(11-5-2)15(16(18)19)14-8-6-13(7-9-14)12-20-3/h4-9,15H,1-2,10-12H2,3H3,(H,18,19)/t15-/m0/s1. The number of carboxylic acid groups (broad SMARTS) is 1. The molecule has 1 rings (SSSR count). The van der Waals surface area contributed by atoms with E-state index < -0.39 is 12.0 Å². The average Bonchev–Trinajstić information content (AvgIpc) is 2.41. The summed E-state index contributed by atoms with van der Waals surface area (Å²) in [5.41, 5.74) is 1.75. The number of nitrogens with zero attached hydrogens (tertiary/aromatic N) is 1. The van der Waals surface area contributed by atoms with Gasteiger partial charge in [0.1, 0.15) is 6.04 Å². The van der Waals surface area contributed by atoms with Gasteiger partial charge in [-0.3, -0.25) is 9.69 Å². The lowest BCUT2D eigenvalue weighted by atomic mass is 10.0. The summed E-state index contributed by atoms with van der Waals surface area (Å²) in [7, 11) is 1.63. The Morgan fingerprint density at radius 2 is 1.85 bits per heavy atom. The Hall–Kier alpha value is -1.91. The molecule has 1 aromatic rings. The molecule has 0 saturated carbocycles. The van der Waals surface area contributed by atoms with Crippen molar-refractivity contribution in [1.82, 2.24) is 4.90 Å². The zero-order chi connectivity index (χ0) is 15.0. The minimum atomic E-state index is -0.881. The fraction of sp³-hybridized carbons (Fsp3) is 0.312. The SMILES string of the molecule is C=CCN(CC=C)[C@H](C(=O)O)c1ccc(COC)cc1. The van der Waals surface area contributed by atoms with Gasteiger partial charge < -0.3 is 9.84 Å². The summed E-state index contributed by atoms with van der Waals surface area (Å²) < 4.78 is 5.05. The molecule has 0 fully saturated rings. The maximum absolute atomic E-state index is 11.6. The zero-order valence-corrected chi connectivity index (χ0v) is 11.8. The molecular formula is C16H21NO3. The number of ether oxygens (including phenoxy) is 1. The van der Waals surface area contributed by atoms with Crippen LogP contribution in [0.3, 0.4) is 0 Å². The first-order chi connectivity index (χ1) is 9.63. The molecule has 0 unspecified atom stereocenters. The number of carboxylic acids is 1. The molecule has 0 aliphatic carbocycles. The third-order valence-corrected chi connectivity index (χ3v) is 2.93. The molecule has 0 radical (unpaired) electrons. The van der Waals surface area contributed by atoms with E-state index in [9.17, 15) is 9.90 Å². The first-order valence-electron chi connectivity index (χ1n) is 6.40. The van der Waals surface area contributed by atoms with Crippen molar-refractivity contribution in [2.45, 2.75) is 12.6 Å². The van der Waals surface area contributed by atoms with Crippen LogP contribution in [0.5, 0.6) is 0 Å². The molecule has 0 aliphatic heterocycles. The van der Waals surface area contributed by atoms with Crippen LogP contribution in [0.15, 0.2) is 49.6 Å². The number of carbonyl (C=O) groups is 1. The molecular weight excluding hydrogens is 254 g/mol. The first kappa shape index (κ1) is 16.1. The second-order valence-corrected chi connectivity index (χ2v) is 4.45. The van der Waals surface area contributed by atoms with Gasteiger partial charge in [-0.2, -0.15) is 0 Å². The molecule has 1 aromatic carbocycles. The van der Waals surface area contributed by atoms with Crippen LogP contribution in [-0.2, 0) is 16.1 Å². The molecule has 1 atom stereocenters. The van der Waals surface area contributed by atoms with Gasteiger partial charge in [-0.15, -0.1) is 13.2 Å². The molecule has 4 nitrogen and oxygen atoms in total. The van der Waals surface area contributed by atoms with E-state index in [-0.39, 0.29) is 0 Å². The van der Waals surface area contributed by atoms with E-state index in [1.165, 1.54) is 0 Å². The van der Waals surface area contributed by atoms with Gasteiger partial charge in [0, 0.05) is 20.2 Å². The smallest absolute Gasteiger partial charge is 0.325 e. The highest BCUT2D eigenvalue weighted by Gasteiger charge is 2.25. The summed E-state index contributed by atoms with van der Waals surface area (Å²) in [5, 5.41) is 9.49. The monoisotopic (exact) mass is 275 g/mol. The summed E-state index contributed by atoms with van der Waals surface area (Å²) in [5.74, 6) is -0.881. The zero-order valence-electron chi connectivity index (χ0n) is 11.8. The number of hydrogen-bond acceptors (Lipinski definition) is 3. The molecule has 0 saturated heterocycles. The molecule has 0 heterocycles. The Kier molecular flexibility index (Phi) is 6.70. The van der Waals surface area contributed by atoms with Gasteiger partial charge in [-0.1, -0.05) is 36.4 Å². The second kappa shape index (κ2) is 8.30. The van der Waals surface area contributed by atoms with Crippen molar-refractivity contribution in [3.8, 4) is 0 Å². The molecule has 0 bridgehead atoms. The van der Waals surface area contributed by atoms with Crippen molar-refractivity contribution in [2.75, 3.05) is 20.2 Å². The highest BCUT2D eigenvalue weighted by Crippen LogP contribution is 2.22. The van der Waals surface area contributed by atoms with Gasteiger partial charge in [0.05, 0.1) is 6.61 Å². The van der Waals surface area contributed by atoms with Crippen LogP contribution < -0.4 is 0 Å². The lowest BCUT2D eigenvalue weighted by Crippen LogP contribution is -2.34. The van der Waals surface area contributed by atoms with E-state index in [0.29, 0.717) is 19.7 Å². The maximum Gasteiger partial charge on any atom is 0.325 e. The van der Waals surface area contributed by atoms with E-state index in [2.05, 4.69) is 13.2 Å². The molecule has 0 amide bonds. The lowest BCUT2D eigenvalue weighted by Gasteiger charge is -2.27. The second-order valence-electron chi connectivity index (χ2n) is 4.45. The van der Waals surface area contributed by atoms with Crippen molar-refractivity contribution < 1.29 is 14.6 Å². The van der Waals surface area contributed by atoms with Gasteiger partial charge in [0.25, 0.3) is 0 Å². The van der Waals surface area contributed by atoms with Crippen LogP contribution in [0.2, 0.25) is 0 Å². The topological polar surface area (TPSA) is 49.8 Å². The van der Waals surface area contributed by atoms with Crippen LogP contribution in [-0.4, -0.2) is 36.2 Å². The van der Waals surface area contributed by atoms with E-state index in [1.807, 2.05) is 24.3 Å². The third kappa shape index (κ3) is 4.33. The van der Waals surface area contributed by atoms with Gasteiger partial charge in [-0.25, -0.2) is 0 Å². The fourth-order valence-electron chi connectivity index (χ4n) is 2.09. The van der Waals surface area contributed by atoms with Crippen molar-refractivity contribution in [1.29, 1.82) is 0 Å². The number of hydrogen-bond donors (Lipinski definition) is 1. The lowest BCUT2D eigenvalue weighted by molar-refractivity contribution is -0.143. The van der Waals surface area contributed by atoms with E-state index in [1.54, 1.807) is 24.2 Å². The summed E-state index contributed by atoms with van der Waals surface area (Å²) in [6, 6.07) is 6.71. The van der Waals surface area contributed by atoms with Crippen LogP contribution in [0, 0.1) is 0 Å². The Balaban J connectivity index is 3.01. The number of methoxy groups -OCH3 is 1. The van der Waals surface area contributed by atoms with Gasteiger partial charge >= 0.3 is 5.97 Å². The predicted molar refractivity (Wildman–Crippen MR) is 79.5 cm³/mol. The average molecular weight is 275 g/mol. The normalized spacial score (nSPS) is 12.1. The minimum Gasteiger partial charge on any atom is -0.480 e. The van der Waals surface area contributed by atoms with Crippen molar-refractivity contribution in [2.24, 2.45) is 0 Å². The van der Waals surface area contributed by atoms with E-state index in [0.717, 1.165) is 11.1 Å². The van der Waals surface area contributed by atoms with Crippen LogP contribution in [0.4, 0.5) is 0 Å². The molecule has 4 heteroatoms. The molecule has 20 heavy (non-hydrogen) atoms. The predicted octanol–water partition coefficient (Wildman–Crippen LogP) is 2.63. The fourth-order valence-corrected chi connectivity index (χ4v) is 2.09. The third-order valence-electron chi connectivity index (χ3n) is 2.93. The summed E-state index contributed by atoms with van der Waals surface area (Å²) >= 11 is 0. The maximum atomic E-state index is 11.6. The van der Waals surface area contributed by atoms with E-state index >= 15 is 0 Å². The molecule has 0 aromatic heterocycles. The molecule has 108 valence electrons. The van der Waals surface area contributed by atoms with Gasteiger partial charge in [0.2, 0.25) is 0 Å². The Morgan fingerprint density at radius 1 is 1.30 bits per heavy atom. The number of rotatable bonds is 9. The molecule has 1 N–H and O–H groups in total. The largest absolute Gasteiger partial charge is 0.480 e. The number of benzene rings is 1. The summed E-state index contributed by atoms with van der Waals surface area (Å²) in [6.07, 6.45) is 3.39. The Bertz CT molecular complexity index is 443. The highest BCUT2D eigenvalue weighted by molar-refractivity contribution is 5.75. The van der Waals surface area contributed by atoms with Crippen molar-refractivity contribution in [3.63, 3.8) is 0 Å². The van der Waals surface area contributed by atoms with Gasteiger partial charge in [0.15, 0.2) is 0 Å². The summed E-state index contributed by atoms with van der Waals surface area (Å²) in [6.45, 7) is 8.84. The Labute approximate surface area is 120 Å². The summed E-state index contributed by atoms with van der Waals surface area (Å²) in [4.78, 5) is 13.4. The minimum absolute atomic E-state index is 0.489. The highest BCUT2D eigenvalue weighted by atomic mass is 16.5. The molecule has 0 aliphatic rings. The first-order valence-corrected chi connectivity index (χ1v) is 6.40. The van der Waals surface area contributed by atoms with Gasteiger partial charge in [-0.05, 0) is 11.1 Å². The van der Waals surface area contributed by atoms with Crippen molar-refractivity contribution in [3.05, 3.63) is 60.7 Å². The molecule has 0 spiro atoms. The van der Waals surface area contributed by atoms with Crippen LogP contribution in [0.1, 0.15) is 17.2 Å². The van der Waals surface area contributed by atoms with Crippen LogP contribution >= 0.6 is 0 Å². The number of aliphatic carboxylic acids is 1. The van der Waals surface area contributed by atoms with Crippen molar-refractivity contribution >= 4 is 5.97 Å². The van der Waals surface area contributed by atoms with Crippen LogP contribution in [0.25, 0.3) is 0 Å².